The number of carbonyl (C=O) groups excluding carboxylic acids is 2. The van der Waals surface area contributed by atoms with Crippen LogP contribution in [0.1, 0.15) is 75.9 Å². The second-order valence-electron chi connectivity index (χ2n) is 11.2. The topological polar surface area (TPSA) is 106 Å². The molecule has 2 aromatic carbocycles. The molecule has 1 aliphatic rings. The molecule has 8 nitrogen and oxygen atoms in total. The van der Waals surface area contributed by atoms with E-state index in [4.69, 9.17) is 9.05 Å². The summed E-state index contributed by atoms with van der Waals surface area (Å²) < 4.78 is 23.5. The summed E-state index contributed by atoms with van der Waals surface area (Å²) in [6.07, 6.45) is 2.00. The number of rotatable bonds is 11. The van der Waals surface area contributed by atoms with Crippen molar-refractivity contribution in [1.29, 1.82) is 0 Å². The zero-order valence-corrected chi connectivity index (χ0v) is 24.3. The molecular formula is C29H42N3O5P. The number of hydrogen-bond donors (Lipinski definition) is 3. The zero-order valence-electron chi connectivity index (χ0n) is 23.4. The normalized spacial score (nSPS) is 17.1. The number of anilines is 1. The first kappa shape index (κ1) is 30.0. The molecule has 2 amide bonds. The second-order valence-corrected chi connectivity index (χ2v) is 13.3. The summed E-state index contributed by atoms with van der Waals surface area (Å²) >= 11 is 0. The van der Waals surface area contributed by atoms with Crippen molar-refractivity contribution in [3.63, 3.8) is 0 Å². The van der Waals surface area contributed by atoms with Crippen LogP contribution in [0.3, 0.4) is 0 Å². The second kappa shape index (κ2) is 12.6. The van der Waals surface area contributed by atoms with Crippen LogP contribution in [0.15, 0.2) is 48.5 Å². The molecule has 1 saturated heterocycles. The van der Waals surface area contributed by atoms with E-state index in [2.05, 4.69) is 43.6 Å². The van der Waals surface area contributed by atoms with Crippen molar-refractivity contribution in [2.75, 3.05) is 18.5 Å². The molecule has 0 spiro atoms. The van der Waals surface area contributed by atoms with E-state index in [1.165, 1.54) is 0 Å². The van der Waals surface area contributed by atoms with Crippen LogP contribution in [0.25, 0.3) is 0 Å². The highest BCUT2D eigenvalue weighted by Gasteiger charge is 2.38. The van der Waals surface area contributed by atoms with E-state index in [1.54, 1.807) is 56.3 Å². The lowest BCUT2D eigenvalue weighted by atomic mass is 9.79. The standard InChI is InChI=1S/C29H42N3O5P/c1-7-36-38(35,37-8-2)20-21-12-14-24(15-13-21)30-26(33)17-22-10-9-11-23(16-22)27(34)31-25-18-28(3,4)32-29(5,6)19-25/h9-16,25,32H,7-8,17-20H2,1-6H3,(H,30,33)(H,31,34). The average Bonchev–Trinajstić information content (AvgIpc) is 2.78. The lowest BCUT2D eigenvalue weighted by Crippen LogP contribution is -2.62. The minimum atomic E-state index is -3.19. The van der Waals surface area contributed by atoms with Gasteiger partial charge < -0.3 is 25.0 Å². The quantitative estimate of drug-likeness (QED) is 0.315. The predicted molar refractivity (Wildman–Crippen MR) is 152 cm³/mol. The fraction of sp³-hybridized carbons (Fsp3) is 0.517. The van der Waals surface area contributed by atoms with Crippen molar-refractivity contribution in [3.8, 4) is 0 Å². The van der Waals surface area contributed by atoms with Gasteiger partial charge >= 0.3 is 7.60 Å². The van der Waals surface area contributed by atoms with Gasteiger partial charge in [-0.2, -0.15) is 0 Å². The molecule has 2 aromatic rings. The Morgan fingerprint density at radius 1 is 0.947 bits per heavy atom. The maximum Gasteiger partial charge on any atom is 0.335 e. The SMILES string of the molecule is CCOP(=O)(Cc1ccc(NC(=O)Cc2cccc(C(=O)NC3CC(C)(C)NC(C)(C)C3)c2)cc1)OCC. The highest BCUT2D eigenvalue weighted by Crippen LogP contribution is 2.51. The van der Waals surface area contributed by atoms with Crippen molar-refractivity contribution < 1.29 is 23.2 Å². The van der Waals surface area contributed by atoms with Gasteiger partial charge in [-0.15, -0.1) is 0 Å². The molecule has 3 N–H and O–H groups in total. The van der Waals surface area contributed by atoms with Gasteiger partial charge in [-0.05, 0) is 89.8 Å². The Morgan fingerprint density at radius 3 is 2.13 bits per heavy atom. The van der Waals surface area contributed by atoms with Gasteiger partial charge in [0.25, 0.3) is 5.91 Å². The first-order valence-electron chi connectivity index (χ1n) is 13.3. The van der Waals surface area contributed by atoms with Crippen LogP contribution >= 0.6 is 7.60 Å². The van der Waals surface area contributed by atoms with E-state index in [-0.39, 0.29) is 41.5 Å². The summed E-state index contributed by atoms with van der Waals surface area (Å²) in [5.41, 5.74) is 2.60. The van der Waals surface area contributed by atoms with Crippen LogP contribution in [0.4, 0.5) is 5.69 Å². The molecule has 0 unspecified atom stereocenters. The van der Waals surface area contributed by atoms with Crippen LogP contribution in [-0.4, -0.2) is 42.1 Å². The lowest BCUT2D eigenvalue weighted by Gasteiger charge is -2.46. The highest BCUT2D eigenvalue weighted by molar-refractivity contribution is 7.53. The molecule has 38 heavy (non-hydrogen) atoms. The average molecular weight is 544 g/mol. The Hall–Kier alpha value is -2.51. The fourth-order valence-electron chi connectivity index (χ4n) is 5.35. The Morgan fingerprint density at radius 2 is 1.55 bits per heavy atom. The monoisotopic (exact) mass is 543 g/mol. The van der Waals surface area contributed by atoms with Gasteiger partial charge in [-0.3, -0.25) is 14.2 Å². The molecular weight excluding hydrogens is 501 g/mol. The largest absolute Gasteiger partial charge is 0.349 e. The van der Waals surface area contributed by atoms with Crippen LogP contribution in [0.2, 0.25) is 0 Å². The molecule has 0 aromatic heterocycles. The molecule has 1 heterocycles. The number of carbonyl (C=O) groups is 2. The summed E-state index contributed by atoms with van der Waals surface area (Å²) in [5, 5.41) is 9.70. The highest BCUT2D eigenvalue weighted by atomic mass is 31.2. The maximum absolute atomic E-state index is 13.0. The molecule has 9 heteroatoms. The Bertz CT molecular complexity index is 1140. The van der Waals surface area contributed by atoms with Crippen molar-refractivity contribution in [3.05, 3.63) is 65.2 Å². The molecule has 0 radical (unpaired) electrons. The molecule has 0 atom stereocenters. The van der Waals surface area contributed by atoms with Crippen molar-refractivity contribution in [2.45, 2.75) is 84.1 Å². The Balaban J connectivity index is 1.57. The summed E-state index contributed by atoms with van der Waals surface area (Å²) in [6.45, 7) is 12.8. The summed E-state index contributed by atoms with van der Waals surface area (Å²) in [5.74, 6) is -0.316. The Labute approximate surface area is 226 Å². The van der Waals surface area contributed by atoms with E-state index >= 15 is 0 Å². The number of piperidine rings is 1. The van der Waals surface area contributed by atoms with Crippen molar-refractivity contribution in [2.24, 2.45) is 0 Å². The zero-order chi connectivity index (χ0) is 28.0. The number of hydrogen-bond acceptors (Lipinski definition) is 6. The van der Waals surface area contributed by atoms with Gasteiger partial charge in [-0.25, -0.2) is 0 Å². The fourth-order valence-corrected chi connectivity index (χ4v) is 7.05. The number of benzene rings is 2. The van der Waals surface area contributed by atoms with E-state index < -0.39 is 7.60 Å². The molecule has 1 aliphatic heterocycles. The van der Waals surface area contributed by atoms with Crippen molar-refractivity contribution >= 4 is 25.1 Å². The van der Waals surface area contributed by atoms with Crippen molar-refractivity contribution in [1.82, 2.24) is 10.6 Å². The smallest absolute Gasteiger partial charge is 0.335 e. The van der Waals surface area contributed by atoms with Crippen LogP contribution in [0.5, 0.6) is 0 Å². The third kappa shape index (κ3) is 9.05. The van der Waals surface area contributed by atoms with Crippen LogP contribution in [0, 0.1) is 0 Å². The maximum atomic E-state index is 13.0. The molecule has 0 aliphatic carbocycles. The van der Waals surface area contributed by atoms with Gasteiger partial charge in [0, 0.05) is 28.4 Å². The van der Waals surface area contributed by atoms with E-state index in [9.17, 15) is 14.2 Å². The van der Waals surface area contributed by atoms with Crippen LogP contribution < -0.4 is 16.0 Å². The first-order valence-corrected chi connectivity index (χ1v) is 15.0. The van der Waals surface area contributed by atoms with Gasteiger partial charge in [0.05, 0.1) is 25.8 Å². The summed E-state index contributed by atoms with van der Waals surface area (Å²) in [4.78, 5) is 25.7. The van der Waals surface area contributed by atoms with E-state index in [0.29, 0.717) is 24.5 Å². The molecule has 208 valence electrons. The summed E-state index contributed by atoms with van der Waals surface area (Å²) in [6, 6.07) is 14.4. The van der Waals surface area contributed by atoms with Gasteiger partial charge in [0.1, 0.15) is 0 Å². The number of amides is 2. The first-order chi connectivity index (χ1) is 17.8. The Kier molecular flexibility index (Phi) is 9.93. The van der Waals surface area contributed by atoms with Gasteiger partial charge in [-0.1, -0.05) is 24.3 Å². The molecule has 0 saturated carbocycles. The van der Waals surface area contributed by atoms with Crippen LogP contribution in [-0.2, 0) is 31.0 Å². The molecule has 0 bridgehead atoms. The van der Waals surface area contributed by atoms with E-state index in [1.807, 2.05) is 6.07 Å². The number of nitrogens with one attached hydrogen (secondary N) is 3. The van der Waals surface area contributed by atoms with E-state index in [0.717, 1.165) is 24.0 Å². The predicted octanol–water partition coefficient (Wildman–Crippen LogP) is 5.67. The third-order valence-corrected chi connectivity index (χ3v) is 8.40. The summed E-state index contributed by atoms with van der Waals surface area (Å²) in [7, 11) is -3.19. The van der Waals surface area contributed by atoms with Gasteiger partial charge in [0.15, 0.2) is 0 Å². The minimum Gasteiger partial charge on any atom is -0.349 e. The lowest BCUT2D eigenvalue weighted by molar-refractivity contribution is -0.115. The minimum absolute atomic E-state index is 0.0654. The molecule has 3 rings (SSSR count). The molecule has 1 fully saturated rings. The van der Waals surface area contributed by atoms with Gasteiger partial charge in [0.2, 0.25) is 5.91 Å². The third-order valence-electron chi connectivity index (χ3n) is 6.34.